The van der Waals surface area contributed by atoms with Crippen LogP contribution in [-0.4, -0.2) is 63.0 Å². The number of carbonyl (C=O) groups is 1. The van der Waals surface area contributed by atoms with Crippen LogP contribution in [0.3, 0.4) is 0 Å². The Hall–Kier alpha value is -1.99. The van der Waals surface area contributed by atoms with E-state index in [0.717, 1.165) is 38.0 Å². The highest BCUT2D eigenvalue weighted by Gasteiger charge is 2.47. The summed E-state index contributed by atoms with van der Waals surface area (Å²) in [6.07, 6.45) is 2.76. The number of likely N-dealkylation sites (tertiary alicyclic amines) is 1. The Morgan fingerprint density at radius 2 is 1.77 bits per heavy atom. The van der Waals surface area contributed by atoms with Crippen LogP contribution in [0.4, 0.5) is 0 Å². The Balaban J connectivity index is 1.87. The minimum atomic E-state index is -0.750. The molecule has 3 rings (SSSR count). The highest BCUT2D eigenvalue weighted by molar-refractivity contribution is 5.74. The van der Waals surface area contributed by atoms with Gasteiger partial charge in [-0.05, 0) is 43.8 Å². The first-order valence-corrected chi connectivity index (χ1v) is 8.98. The molecule has 1 aromatic rings. The maximum absolute atomic E-state index is 11.9. The van der Waals surface area contributed by atoms with E-state index in [0.29, 0.717) is 30.2 Å². The molecule has 2 heterocycles. The Labute approximate surface area is 154 Å². The lowest BCUT2D eigenvalue weighted by Crippen LogP contribution is -2.38. The van der Waals surface area contributed by atoms with Gasteiger partial charge < -0.3 is 24.6 Å². The number of nitrogens with one attached hydrogen (secondary N) is 1. The molecule has 0 bridgehead atoms. The Bertz CT molecular complexity index is 658. The van der Waals surface area contributed by atoms with E-state index in [-0.39, 0.29) is 5.41 Å². The van der Waals surface area contributed by atoms with E-state index < -0.39 is 12.0 Å². The summed E-state index contributed by atoms with van der Waals surface area (Å²) in [5, 5.41) is 13.1. The number of carboxylic acid groups (broad SMARTS) is 1. The normalized spacial score (nSPS) is 22.3. The molecule has 0 aliphatic carbocycles. The predicted octanol–water partition coefficient (Wildman–Crippen LogP) is 1.74. The molecule has 0 radical (unpaired) electrons. The fraction of sp³-hybridized carbons (Fsp3) is 0.632. The van der Waals surface area contributed by atoms with Crippen LogP contribution in [0.15, 0.2) is 12.1 Å². The van der Waals surface area contributed by atoms with Gasteiger partial charge in [0.1, 0.15) is 11.8 Å². The zero-order valence-corrected chi connectivity index (χ0v) is 15.7. The first-order valence-electron chi connectivity index (χ1n) is 8.98. The van der Waals surface area contributed by atoms with Crippen LogP contribution in [0.5, 0.6) is 17.2 Å². The molecule has 7 heteroatoms. The molecule has 0 aromatic heterocycles. The number of hydrogen-bond acceptors (Lipinski definition) is 6. The average Bonchev–Trinajstić information content (AvgIpc) is 2.99. The van der Waals surface area contributed by atoms with Crippen LogP contribution in [0.25, 0.3) is 0 Å². The molecule has 1 unspecified atom stereocenters. The maximum atomic E-state index is 11.9. The quantitative estimate of drug-likeness (QED) is 0.796. The van der Waals surface area contributed by atoms with Crippen LogP contribution in [0.2, 0.25) is 0 Å². The van der Waals surface area contributed by atoms with Crippen LogP contribution in [0, 0.1) is 5.41 Å². The second kappa shape index (κ2) is 7.72. The van der Waals surface area contributed by atoms with Crippen molar-refractivity contribution in [3.8, 4) is 17.2 Å². The highest BCUT2D eigenvalue weighted by atomic mass is 16.5. The molecule has 7 nitrogen and oxygen atoms in total. The fourth-order valence-electron chi connectivity index (χ4n) is 4.31. The maximum Gasteiger partial charge on any atom is 0.320 e. The Kier molecular flexibility index (Phi) is 5.58. The molecule has 2 fully saturated rings. The molecular weight excluding hydrogens is 336 g/mol. The minimum absolute atomic E-state index is 0.0953. The molecule has 2 N–H and O–H groups in total. The summed E-state index contributed by atoms with van der Waals surface area (Å²) in [5.74, 6) is 1.14. The largest absolute Gasteiger partial charge is 0.496 e. The predicted molar refractivity (Wildman–Crippen MR) is 97.1 cm³/mol. The number of piperidine rings is 1. The first-order chi connectivity index (χ1) is 12.5. The van der Waals surface area contributed by atoms with Crippen molar-refractivity contribution < 1.29 is 24.1 Å². The van der Waals surface area contributed by atoms with Crippen molar-refractivity contribution in [2.24, 2.45) is 5.41 Å². The van der Waals surface area contributed by atoms with Gasteiger partial charge in [-0.15, -0.1) is 0 Å². The molecule has 2 saturated heterocycles. The summed E-state index contributed by atoms with van der Waals surface area (Å²) in [6.45, 7) is 3.22. The van der Waals surface area contributed by atoms with Gasteiger partial charge in [0.2, 0.25) is 0 Å². The van der Waals surface area contributed by atoms with Crippen LogP contribution < -0.4 is 19.5 Å². The number of ether oxygens (including phenoxy) is 3. The molecule has 1 spiro atoms. The fourth-order valence-corrected chi connectivity index (χ4v) is 4.31. The third-order valence-corrected chi connectivity index (χ3v) is 5.71. The zero-order chi connectivity index (χ0) is 18.7. The molecule has 2 aliphatic heterocycles. The number of rotatable bonds is 6. The number of benzene rings is 1. The summed E-state index contributed by atoms with van der Waals surface area (Å²) in [4.78, 5) is 13.9. The van der Waals surface area contributed by atoms with Crippen LogP contribution in [0.1, 0.15) is 24.8 Å². The smallest absolute Gasteiger partial charge is 0.320 e. The molecule has 0 saturated carbocycles. The third-order valence-electron chi connectivity index (χ3n) is 5.71. The molecule has 26 heavy (non-hydrogen) atoms. The van der Waals surface area contributed by atoms with E-state index in [1.54, 1.807) is 27.4 Å². The van der Waals surface area contributed by atoms with E-state index in [2.05, 4.69) is 10.2 Å². The minimum Gasteiger partial charge on any atom is -0.496 e. The Morgan fingerprint density at radius 3 is 2.35 bits per heavy atom. The number of nitrogens with zero attached hydrogens (tertiary/aromatic N) is 1. The molecule has 0 amide bonds. The second-order valence-electron chi connectivity index (χ2n) is 7.23. The van der Waals surface area contributed by atoms with E-state index in [1.807, 2.05) is 6.07 Å². The number of aliphatic carboxylic acids is 1. The molecule has 1 aromatic carbocycles. The van der Waals surface area contributed by atoms with E-state index in [4.69, 9.17) is 14.2 Å². The lowest BCUT2D eigenvalue weighted by Gasteiger charge is -2.33. The van der Waals surface area contributed by atoms with Gasteiger partial charge in [0.15, 0.2) is 11.5 Å². The third kappa shape index (κ3) is 3.59. The standard InChI is InChI=1S/C19H28N2O5/c1-24-15-9-17(26-3)16(25-2)8-13(15)11-21-12-19(4-6-20-7-5-19)10-14(21)18(22)23/h8-9,14,20H,4-7,10-12H2,1-3H3,(H,22,23). The van der Waals surface area contributed by atoms with E-state index in [1.165, 1.54) is 0 Å². The summed E-state index contributed by atoms with van der Waals surface area (Å²) in [6, 6.07) is 3.20. The summed E-state index contributed by atoms with van der Waals surface area (Å²) in [7, 11) is 4.78. The van der Waals surface area contributed by atoms with Crippen molar-refractivity contribution in [1.82, 2.24) is 10.2 Å². The lowest BCUT2D eigenvalue weighted by molar-refractivity contribution is -0.142. The second-order valence-corrected chi connectivity index (χ2v) is 7.23. The highest BCUT2D eigenvalue weighted by Crippen LogP contribution is 2.44. The van der Waals surface area contributed by atoms with Crippen molar-refractivity contribution in [3.05, 3.63) is 17.7 Å². The van der Waals surface area contributed by atoms with Gasteiger partial charge in [-0.1, -0.05) is 0 Å². The molecule has 2 aliphatic rings. The number of methoxy groups -OCH3 is 3. The van der Waals surface area contributed by atoms with Crippen molar-refractivity contribution in [3.63, 3.8) is 0 Å². The number of hydrogen-bond donors (Lipinski definition) is 2. The van der Waals surface area contributed by atoms with Gasteiger partial charge in [-0.2, -0.15) is 0 Å². The van der Waals surface area contributed by atoms with Crippen molar-refractivity contribution in [2.75, 3.05) is 41.0 Å². The van der Waals surface area contributed by atoms with Gasteiger partial charge in [-0.25, -0.2) is 0 Å². The summed E-state index contributed by atoms with van der Waals surface area (Å²) in [5.41, 5.74) is 1.00. The van der Waals surface area contributed by atoms with Gasteiger partial charge in [0.25, 0.3) is 0 Å². The lowest BCUT2D eigenvalue weighted by atomic mass is 9.77. The van der Waals surface area contributed by atoms with E-state index in [9.17, 15) is 9.90 Å². The first kappa shape index (κ1) is 18.8. The molecule has 144 valence electrons. The van der Waals surface area contributed by atoms with Gasteiger partial charge in [-0.3, -0.25) is 9.69 Å². The van der Waals surface area contributed by atoms with Crippen LogP contribution in [-0.2, 0) is 11.3 Å². The zero-order valence-electron chi connectivity index (χ0n) is 15.7. The van der Waals surface area contributed by atoms with Gasteiger partial charge in [0.05, 0.1) is 21.3 Å². The van der Waals surface area contributed by atoms with Gasteiger partial charge in [0, 0.05) is 24.7 Å². The van der Waals surface area contributed by atoms with E-state index >= 15 is 0 Å². The average molecular weight is 364 g/mol. The SMILES string of the molecule is COc1cc(OC)c(OC)cc1CN1CC2(CCNCC2)CC1C(=O)O. The summed E-state index contributed by atoms with van der Waals surface area (Å²) >= 11 is 0. The van der Waals surface area contributed by atoms with Crippen molar-refractivity contribution >= 4 is 5.97 Å². The summed E-state index contributed by atoms with van der Waals surface area (Å²) < 4.78 is 16.2. The van der Waals surface area contributed by atoms with Crippen molar-refractivity contribution in [1.29, 1.82) is 0 Å². The van der Waals surface area contributed by atoms with Gasteiger partial charge >= 0.3 is 5.97 Å². The molecular formula is C19H28N2O5. The van der Waals surface area contributed by atoms with Crippen LogP contribution >= 0.6 is 0 Å². The Morgan fingerprint density at radius 1 is 1.15 bits per heavy atom. The molecule has 1 atom stereocenters. The number of carboxylic acids is 1. The van der Waals surface area contributed by atoms with Crippen molar-refractivity contribution in [2.45, 2.75) is 31.8 Å². The monoisotopic (exact) mass is 364 g/mol. The topological polar surface area (TPSA) is 80.3 Å².